The zero-order valence-electron chi connectivity index (χ0n) is 15.1. The molecule has 2 rings (SSSR count). The minimum atomic E-state index is -1.16. The Labute approximate surface area is 158 Å². The lowest BCUT2D eigenvalue weighted by Gasteiger charge is -2.20. The normalized spacial score (nSPS) is 10.6. The molecule has 0 saturated carbocycles. The fourth-order valence-electron chi connectivity index (χ4n) is 2.41. The summed E-state index contributed by atoms with van der Waals surface area (Å²) in [6, 6.07) is 16.0. The third-order valence-corrected chi connectivity index (χ3v) is 3.75. The van der Waals surface area contributed by atoms with Gasteiger partial charge < -0.3 is 10.4 Å². The third kappa shape index (κ3) is 6.11. The standard InChI is InChI=1S/C21H22N2O4/c1-2-14-23(21(27)22-15-19(24)25)20(26)18-12-10-17(11-13-18)9-8-16-6-4-3-5-7-16/h3-13H,2,14-15H2,1H3,(H,22,27)(H,24,25)/b9-8+. The van der Waals surface area contributed by atoms with Crippen molar-refractivity contribution in [3.8, 4) is 0 Å². The number of rotatable bonds is 7. The van der Waals surface area contributed by atoms with Gasteiger partial charge in [-0.1, -0.05) is 61.5 Å². The van der Waals surface area contributed by atoms with E-state index in [4.69, 9.17) is 5.11 Å². The Balaban J connectivity index is 2.08. The molecule has 6 nitrogen and oxygen atoms in total. The predicted octanol–water partition coefficient (Wildman–Crippen LogP) is 3.50. The SMILES string of the molecule is CCCN(C(=O)NCC(=O)O)C(=O)c1ccc(/C=C/c2ccccc2)cc1. The van der Waals surface area contributed by atoms with Crippen LogP contribution in [-0.4, -0.2) is 41.0 Å². The van der Waals surface area contributed by atoms with Crippen molar-refractivity contribution in [2.24, 2.45) is 0 Å². The second kappa shape index (κ2) is 9.91. The summed E-state index contributed by atoms with van der Waals surface area (Å²) in [6.07, 6.45) is 4.48. The molecule has 0 aliphatic carbocycles. The van der Waals surface area contributed by atoms with Crippen molar-refractivity contribution >= 4 is 30.1 Å². The van der Waals surface area contributed by atoms with Crippen LogP contribution >= 0.6 is 0 Å². The molecule has 0 atom stereocenters. The van der Waals surface area contributed by atoms with Crippen molar-refractivity contribution in [3.63, 3.8) is 0 Å². The molecule has 0 aliphatic rings. The number of hydrogen-bond acceptors (Lipinski definition) is 3. The highest BCUT2D eigenvalue weighted by Crippen LogP contribution is 2.12. The molecule has 0 heterocycles. The zero-order valence-corrected chi connectivity index (χ0v) is 15.1. The maximum Gasteiger partial charge on any atom is 0.324 e. The maximum atomic E-state index is 12.6. The third-order valence-electron chi connectivity index (χ3n) is 3.75. The van der Waals surface area contributed by atoms with Crippen molar-refractivity contribution in [2.45, 2.75) is 13.3 Å². The Hall–Kier alpha value is -3.41. The second-order valence-corrected chi connectivity index (χ2v) is 5.88. The first kappa shape index (κ1) is 19.9. The van der Waals surface area contributed by atoms with Crippen LogP contribution in [0.1, 0.15) is 34.8 Å². The van der Waals surface area contributed by atoms with Gasteiger partial charge in [0, 0.05) is 12.1 Å². The molecule has 140 valence electrons. The van der Waals surface area contributed by atoms with Crippen LogP contribution < -0.4 is 5.32 Å². The number of hydrogen-bond donors (Lipinski definition) is 2. The average Bonchev–Trinajstić information content (AvgIpc) is 2.69. The number of nitrogens with zero attached hydrogens (tertiary/aromatic N) is 1. The van der Waals surface area contributed by atoms with Gasteiger partial charge >= 0.3 is 12.0 Å². The van der Waals surface area contributed by atoms with Gasteiger partial charge in [-0.05, 0) is 29.7 Å². The lowest BCUT2D eigenvalue weighted by Crippen LogP contribution is -2.45. The van der Waals surface area contributed by atoms with Gasteiger partial charge in [-0.3, -0.25) is 14.5 Å². The molecule has 27 heavy (non-hydrogen) atoms. The van der Waals surface area contributed by atoms with E-state index in [1.54, 1.807) is 24.3 Å². The van der Waals surface area contributed by atoms with E-state index in [1.165, 1.54) is 0 Å². The summed E-state index contributed by atoms with van der Waals surface area (Å²) in [5.41, 5.74) is 2.36. The molecule has 0 unspecified atom stereocenters. The quantitative estimate of drug-likeness (QED) is 0.734. The Bertz CT molecular complexity index is 814. The number of carbonyl (C=O) groups excluding carboxylic acids is 2. The van der Waals surface area contributed by atoms with Gasteiger partial charge in [0.25, 0.3) is 5.91 Å². The summed E-state index contributed by atoms with van der Waals surface area (Å²) < 4.78 is 0. The summed E-state index contributed by atoms with van der Waals surface area (Å²) in [5.74, 6) is -1.62. The van der Waals surface area contributed by atoms with Crippen LogP contribution in [0.4, 0.5) is 4.79 Å². The van der Waals surface area contributed by atoms with Gasteiger partial charge in [-0.15, -0.1) is 0 Å². The number of nitrogens with one attached hydrogen (secondary N) is 1. The van der Waals surface area contributed by atoms with E-state index >= 15 is 0 Å². The van der Waals surface area contributed by atoms with Crippen LogP contribution in [0.25, 0.3) is 12.2 Å². The summed E-state index contributed by atoms with van der Waals surface area (Å²) in [4.78, 5) is 36.3. The molecule has 2 aromatic carbocycles. The highest BCUT2D eigenvalue weighted by Gasteiger charge is 2.22. The summed E-state index contributed by atoms with van der Waals surface area (Å²) in [5, 5.41) is 10.9. The molecule has 0 bridgehead atoms. The number of benzene rings is 2. The lowest BCUT2D eigenvalue weighted by atomic mass is 10.1. The molecule has 2 N–H and O–H groups in total. The van der Waals surface area contributed by atoms with Crippen LogP contribution in [0, 0.1) is 0 Å². The number of carboxylic acid groups (broad SMARTS) is 1. The number of amides is 3. The van der Waals surface area contributed by atoms with Gasteiger partial charge in [-0.2, -0.15) is 0 Å². The molecule has 0 aliphatic heterocycles. The van der Waals surface area contributed by atoms with Crippen LogP contribution in [0.3, 0.4) is 0 Å². The molecular formula is C21H22N2O4. The van der Waals surface area contributed by atoms with Crippen molar-refractivity contribution in [1.29, 1.82) is 0 Å². The molecule has 0 radical (unpaired) electrons. The fraction of sp³-hybridized carbons (Fsp3) is 0.190. The summed E-state index contributed by atoms with van der Waals surface area (Å²) in [7, 11) is 0. The Morgan fingerprint density at radius 2 is 1.56 bits per heavy atom. The second-order valence-electron chi connectivity index (χ2n) is 5.88. The number of aliphatic carboxylic acids is 1. The average molecular weight is 366 g/mol. The Kier molecular flexibility index (Phi) is 7.31. The molecule has 0 spiro atoms. The lowest BCUT2D eigenvalue weighted by molar-refractivity contribution is -0.135. The highest BCUT2D eigenvalue weighted by molar-refractivity contribution is 6.04. The first-order valence-electron chi connectivity index (χ1n) is 8.66. The molecule has 0 saturated heterocycles. The topological polar surface area (TPSA) is 86.7 Å². The number of carboxylic acids is 1. The van der Waals surface area contributed by atoms with Crippen LogP contribution in [0.2, 0.25) is 0 Å². The van der Waals surface area contributed by atoms with Crippen molar-refractivity contribution < 1.29 is 19.5 Å². The molecule has 0 fully saturated rings. The van der Waals surface area contributed by atoms with Gasteiger partial charge in [0.05, 0.1) is 0 Å². The van der Waals surface area contributed by atoms with E-state index in [0.717, 1.165) is 16.0 Å². The smallest absolute Gasteiger partial charge is 0.324 e. The van der Waals surface area contributed by atoms with Gasteiger partial charge in [0.1, 0.15) is 6.54 Å². The van der Waals surface area contributed by atoms with Gasteiger partial charge in [0.15, 0.2) is 0 Å². The summed E-state index contributed by atoms with van der Waals surface area (Å²) >= 11 is 0. The molecular weight excluding hydrogens is 344 g/mol. The minimum absolute atomic E-state index is 0.208. The van der Waals surface area contributed by atoms with E-state index in [0.29, 0.717) is 12.0 Å². The molecule has 0 aromatic heterocycles. The monoisotopic (exact) mass is 366 g/mol. The summed E-state index contributed by atoms with van der Waals surface area (Å²) in [6.45, 7) is 1.51. The molecule has 2 aromatic rings. The van der Waals surface area contributed by atoms with E-state index < -0.39 is 24.5 Å². The number of carbonyl (C=O) groups is 3. The van der Waals surface area contributed by atoms with Crippen molar-refractivity contribution in [2.75, 3.05) is 13.1 Å². The van der Waals surface area contributed by atoms with E-state index in [9.17, 15) is 14.4 Å². The number of urea groups is 1. The largest absolute Gasteiger partial charge is 0.480 e. The molecule has 3 amide bonds. The zero-order chi connectivity index (χ0) is 19.6. The highest BCUT2D eigenvalue weighted by atomic mass is 16.4. The Morgan fingerprint density at radius 1 is 0.963 bits per heavy atom. The Morgan fingerprint density at radius 3 is 2.11 bits per heavy atom. The maximum absolute atomic E-state index is 12.6. The van der Waals surface area contributed by atoms with Crippen LogP contribution in [0.15, 0.2) is 54.6 Å². The van der Waals surface area contributed by atoms with Crippen LogP contribution in [-0.2, 0) is 4.79 Å². The molecule has 6 heteroatoms. The fourth-order valence-corrected chi connectivity index (χ4v) is 2.41. The van der Waals surface area contributed by atoms with E-state index in [1.807, 2.05) is 49.4 Å². The van der Waals surface area contributed by atoms with Crippen molar-refractivity contribution in [1.82, 2.24) is 10.2 Å². The first-order chi connectivity index (χ1) is 13.0. The predicted molar refractivity (Wildman–Crippen MR) is 104 cm³/mol. The van der Waals surface area contributed by atoms with Gasteiger partial charge in [-0.25, -0.2) is 4.79 Å². The van der Waals surface area contributed by atoms with E-state index in [2.05, 4.69) is 5.32 Å². The van der Waals surface area contributed by atoms with E-state index in [-0.39, 0.29) is 6.54 Å². The minimum Gasteiger partial charge on any atom is -0.480 e. The first-order valence-corrected chi connectivity index (χ1v) is 8.66. The van der Waals surface area contributed by atoms with Crippen LogP contribution in [0.5, 0.6) is 0 Å². The van der Waals surface area contributed by atoms with Gasteiger partial charge in [0.2, 0.25) is 0 Å². The van der Waals surface area contributed by atoms with Crippen molar-refractivity contribution in [3.05, 3.63) is 71.3 Å². The number of imide groups is 1.